The van der Waals surface area contributed by atoms with Crippen LogP contribution in [0.4, 0.5) is 0 Å². The average molecular weight is 561 g/mol. The smallest absolute Gasteiger partial charge is 0.155 e. The third-order valence-corrected chi connectivity index (χ3v) is 5.32. The predicted molar refractivity (Wildman–Crippen MR) is 114 cm³/mol. The summed E-state index contributed by atoms with van der Waals surface area (Å²) in [6.45, 7) is 7.44. The van der Waals surface area contributed by atoms with Crippen LogP contribution in [0.2, 0.25) is 0 Å². The van der Waals surface area contributed by atoms with Crippen molar-refractivity contribution in [1.82, 2.24) is 4.98 Å². The third-order valence-electron chi connectivity index (χ3n) is 5.32. The molecular formula is C25H22IrNO2-. The number of nitrogens with zero attached hydrogens (tertiary/aromatic N) is 1. The molecule has 0 aliphatic heterocycles. The van der Waals surface area contributed by atoms with E-state index in [2.05, 4.69) is 62.4 Å². The van der Waals surface area contributed by atoms with Crippen molar-refractivity contribution in [2.45, 2.75) is 33.1 Å². The fraction of sp³-hybridized carbons (Fsp3) is 0.200. The quantitative estimate of drug-likeness (QED) is 0.180. The van der Waals surface area contributed by atoms with E-state index in [1.807, 2.05) is 6.07 Å². The van der Waals surface area contributed by atoms with Gasteiger partial charge >= 0.3 is 0 Å². The Labute approximate surface area is 184 Å². The maximum atomic E-state index is 10.0. The van der Waals surface area contributed by atoms with Gasteiger partial charge in [0.25, 0.3) is 0 Å². The molecule has 1 radical (unpaired) electrons. The monoisotopic (exact) mass is 561 g/mol. The molecule has 0 saturated carbocycles. The summed E-state index contributed by atoms with van der Waals surface area (Å²) >= 11 is 0. The Hall–Kier alpha value is -2.55. The summed E-state index contributed by atoms with van der Waals surface area (Å²) in [5, 5.41) is 9.67. The molecule has 0 spiro atoms. The number of carbonyl (C=O) groups excluding carboxylic acids is 1. The molecule has 0 unspecified atom stereocenters. The second-order valence-corrected chi connectivity index (χ2v) is 7.80. The third kappa shape index (κ3) is 3.48. The van der Waals surface area contributed by atoms with Gasteiger partial charge in [0, 0.05) is 31.6 Å². The number of benzene rings is 2. The van der Waals surface area contributed by atoms with E-state index in [1.54, 1.807) is 0 Å². The molecule has 1 heterocycles. The van der Waals surface area contributed by atoms with Gasteiger partial charge in [-0.3, -0.25) is 9.78 Å². The summed E-state index contributed by atoms with van der Waals surface area (Å²) < 4.78 is 0. The number of hydrogen-bond donors (Lipinski definition) is 1. The summed E-state index contributed by atoms with van der Waals surface area (Å²) in [7, 11) is 0. The number of carbonyl (C=O) groups is 1. The van der Waals surface area contributed by atoms with E-state index in [-0.39, 0.29) is 37.1 Å². The molecule has 1 aromatic heterocycles. The van der Waals surface area contributed by atoms with E-state index in [0.29, 0.717) is 0 Å². The van der Waals surface area contributed by atoms with Crippen molar-refractivity contribution in [3.8, 4) is 11.3 Å². The first-order valence-electron chi connectivity index (χ1n) is 9.35. The van der Waals surface area contributed by atoms with Gasteiger partial charge in [0.05, 0.1) is 11.3 Å². The Bertz CT molecular complexity index is 1180. The van der Waals surface area contributed by atoms with E-state index in [1.165, 1.54) is 53.1 Å². The number of aromatic nitrogens is 1. The van der Waals surface area contributed by atoms with E-state index in [0.717, 1.165) is 11.2 Å². The number of pyridine rings is 1. The average Bonchev–Trinajstić information content (AvgIpc) is 3.14. The van der Waals surface area contributed by atoms with Gasteiger partial charge in [-0.1, -0.05) is 43.7 Å². The van der Waals surface area contributed by atoms with Crippen LogP contribution in [0, 0.1) is 6.07 Å². The summed E-state index contributed by atoms with van der Waals surface area (Å²) in [5.74, 6) is -0.0625. The van der Waals surface area contributed by atoms with Crippen molar-refractivity contribution in [2.75, 3.05) is 0 Å². The van der Waals surface area contributed by atoms with Crippen LogP contribution in [0.25, 0.3) is 34.3 Å². The van der Waals surface area contributed by atoms with E-state index < -0.39 is 0 Å². The Morgan fingerprint density at radius 3 is 2.55 bits per heavy atom. The first-order chi connectivity index (χ1) is 13.3. The van der Waals surface area contributed by atoms with Crippen LogP contribution in [0.5, 0.6) is 0 Å². The zero-order chi connectivity index (χ0) is 20.1. The molecule has 149 valence electrons. The van der Waals surface area contributed by atoms with Gasteiger partial charge in [0.15, 0.2) is 5.78 Å². The number of fused-ring (bicyclic) bond motifs is 4. The Morgan fingerprint density at radius 2 is 1.90 bits per heavy atom. The molecule has 5 rings (SSSR count). The van der Waals surface area contributed by atoms with Gasteiger partial charge < -0.3 is 5.11 Å². The normalized spacial score (nSPS) is 14.6. The van der Waals surface area contributed by atoms with Crippen LogP contribution in [0.3, 0.4) is 0 Å². The number of allylic oxidation sites excluding steroid dienone is 2. The first-order valence-corrected chi connectivity index (χ1v) is 9.35. The van der Waals surface area contributed by atoms with E-state index in [9.17, 15) is 4.79 Å². The molecule has 2 aliphatic carbocycles. The van der Waals surface area contributed by atoms with Crippen LogP contribution >= 0.6 is 0 Å². The Kier molecular flexibility index (Phi) is 5.62. The fourth-order valence-corrected chi connectivity index (χ4v) is 4.25. The molecular weight excluding hydrogens is 538 g/mol. The van der Waals surface area contributed by atoms with Gasteiger partial charge in [-0.25, -0.2) is 0 Å². The van der Waals surface area contributed by atoms with E-state index >= 15 is 0 Å². The van der Waals surface area contributed by atoms with Gasteiger partial charge in [-0.15, -0.1) is 35.4 Å². The van der Waals surface area contributed by atoms with Crippen molar-refractivity contribution < 1.29 is 30.0 Å². The maximum Gasteiger partial charge on any atom is 0.155 e. The number of ketones is 1. The molecule has 29 heavy (non-hydrogen) atoms. The Morgan fingerprint density at radius 1 is 1.14 bits per heavy atom. The molecule has 4 heteroatoms. The molecule has 3 nitrogen and oxygen atoms in total. The van der Waals surface area contributed by atoms with Gasteiger partial charge in [0.1, 0.15) is 0 Å². The van der Waals surface area contributed by atoms with Gasteiger partial charge in [0.2, 0.25) is 0 Å². The molecule has 1 N–H and O–H groups in total. The second kappa shape index (κ2) is 7.70. The van der Waals surface area contributed by atoms with Crippen LogP contribution in [-0.2, 0) is 30.3 Å². The van der Waals surface area contributed by atoms with Crippen molar-refractivity contribution >= 4 is 28.8 Å². The van der Waals surface area contributed by atoms with Crippen LogP contribution in [-0.4, -0.2) is 15.9 Å². The second-order valence-electron chi connectivity index (χ2n) is 7.80. The first kappa shape index (κ1) is 21.2. The summed E-state index contributed by atoms with van der Waals surface area (Å²) in [6, 6.07) is 16.1. The van der Waals surface area contributed by atoms with Crippen LogP contribution in [0.15, 0.2) is 48.2 Å². The van der Waals surface area contributed by atoms with Gasteiger partial charge in [-0.05, 0) is 42.1 Å². The van der Waals surface area contributed by atoms with Crippen LogP contribution in [0.1, 0.15) is 49.9 Å². The summed E-state index contributed by atoms with van der Waals surface area (Å²) in [6.07, 6.45) is 5.63. The molecule has 0 amide bonds. The SMILES string of the molecule is CC(=O)/C=C(/C)O.CC1(C)c2ccc[c-]c2-c2nc3cccc4c3c(c21)C=C4.[Ir]. The Balaban J connectivity index is 0.000000263. The van der Waals surface area contributed by atoms with Gasteiger partial charge in [-0.2, -0.15) is 0 Å². The molecule has 3 aromatic rings. The standard InChI is InChI=1S/C20H14N.C5H8O2.Ir/c1-20(2)15-8-4-3-7-13(15)19-18(20)14-11-10-12-6-5-9-16(21-19)17(12)14;1-4(6)3-5(2)7;/h3-6,8-11H,1-2H3;3,6H,1-2H3;/q-1;;/b;4-3-;. The summed E-state index contributed by atoms with van der Waals surface area (Å²) in [4.78, 5) is 15.0. The molecule has 0 bridgehead atoms. The minimum atomic E-state index is -0.125. The van der Waals surface area contributed by atoms with Crippen LogP contribution < -0.4 is 0 Å². The molecule has 0 saturated heterocycles. The molecule has 2 aromatic carbocycles. The summed E-state index contributed by atoms with van der Waals surface area (Å²) in [5.41, 5.74) is 8.68. The zero-order valence-electron chi connectivity index (χ0n) is 16.8. The maximum absolute atomic E-state index is 10.0. The number of aliphatic hydroxyl groups excluding tert-OH is 1. The number of hydrogen-bond acceptors (Lipinski definition) is 3. The largest absolute Gasteiger partial charge is 0.512 e. The fourth-order valence-electron chi connectivity index (χ4n) is 4.25. The topological polar surface area (TPSA) is 50.2 Å². The molecule has 0 atom stereocenters. The van der Waals surface area contributed by atoms with Crippen molar-refractivity contribution in [2.24, 2.45) is 0 Å². The zero-order valence-corrected chi connectivity index (χ0v) is 19.2. The van der Waals surface area contributed by atoms with Crippen molar-refractivity contribution in [3.63, 3.8) is 0 Å². The molecule has 2 aliphatic rings. The van der Waals surface area contributed by atoms with Crippen molar-refractivity contribution in [3.05, 3.63) is 76.6 Å². The van der Waals surface area contributed by atoms with E-state index in [4.69, 9.17) is 10.1 Å². The minimum Gasteiger partial charge on any atom is -0.512 e. The minimum absolute atomic E-state index is 0. The number of rotatable bonds is 1. The molecule has 0 fully saturated rings. The number of aliphatic hydroxyl groups is 1. The predicted octanol–water partition coefficient (Wildman–Crippen LogP) is 5.86. The van der Waals surface area contributed by atoms with Crippen molar-refractivity contribution in [1.29, 1.82) is 0 Å².